The van der Waals surface area contributed by atoms with Gasteiger partial charge in [-0.2, -0.15) is 4.98 Å². The highest BCUT2D eigenvalue weighted by Crippen LogP contribution is 2.31. The van der Waals surface area contributed by atoms with E-state index in [1.807, 2.05) is 0 Å². The molecular formula is C12H19N3O3. The monoisotopic (exact) mass is 253 g/mol. The van der Waals surface area contributed by atoms with E-state index in [9.17, 15) is 9.90 Å². The van der Waals surface area contributed by atoms with Gasteiger partial charge in [0, 0.05) is 19.1 Å². The summed E-state index contributed by atoms with van der Waals surface area (Å²) in [6.45, 7) is 1.72. The Bertz CT molecular complexity index is 405. The fourth-order valence-corrected chi connectivity index (χ4v) is 2.57. The predicted molar refractivity (Wildman–Crippen MR) is 64.0 cm³/mol. The van der Waals surface area contributed by atoms with E-state index < -0.39 is 0 Å². The molecule has 0 radical (unpaired) electrons. The molecular weight excluding hydrogens is 234 g/mol. The second-order valence-electron chi connectivity index (χ2n) is 4.91. The number of nitrogens with one attached hydrogen (secondary N) is 1. The van der Waals surface area contributed by atoms with Crippen LogP contribution in [0.3, 0.4) is 0 Å². The second-order valence-corrected chi connectivity index (χ2v) is 4.91. The number of nitrogens with zero attached hydrogens (tertiary/aromatic N) is 2. The van der Waals surface area contributed by atoms with Gasteiger partial charge in [0.1, 0.15) is 0 Å². The minimum absolute atomic E-state index is 0.0652. The maximum absolute atomic E-state index is 12.0. The van der Waals surface area contributed by atoms with Crippen LogP contribution in [-0.4, -0.2) is 33.3 Å². The summed E-state index contributed by atoms with van der Waals surface area (Å²) in [5.74, 6) is 0.123. The number of carbonyl (C=O) groups excluding carboxylic acids is 1. The molecule has 6 heteroatoms. The lowest BCUT2D eigenvalue weighted by Gasteiger charge is -2.37. The molecule has 1 aromatic rings. The molecule has 18 heavy (non-hydrogen) atoms. The van der Waals surface area contributed by atoms with Crippen molar-refractivity contribution in [2.24, 2.45) is 0 Å². The lowest BCUT2D eigenvalue weighted by atomic mass is 9.79. The van der Waals surface area contributed by atoms with Crippen molar-refractivity contribution in [3.8, 4) is 0 Å². The van der Waals surface area contributed by atoms with Crippen molar-refractivity contribution in [3.63, 3.8) is 0 Å². The molecule has 100 valence electrons. The van der Waals surface area contributed by atoms with Crippen molar-refractivity contribution in [2.45, 2.75) is 51.0 Å². The molecule has 1 aromatic heterocycles. The van der Waals surface area contributed by atoms with Gasteiger partial charge in [-0.25, -0.2) is 0 Å². The highest BCUT2D eigenvalue weighted by molar-refractivity contribution is 5.90. The summed E-state index contributed by atoms with van der Waals surface area (Å²) < 4.78 is 4.80. The predicted octanol–water partition coefficient (Wildman–Crippen LogP) is 1.19. The fourth-order valence-electron chi connectivity index (χ4n) is 2.57. The van der Waals surface area contributed by atoms with E-state index in [4.69, 9.17) is 4.52 Å². The van der Waals surface area contributed by atoms with Crippen molar-refractivity contribution in [1.82, 2.24) is 15.5 Å². The first kappa shape index (κ1) is 13.0. The minimum Gasteiger partial charge on any atom is -0.396 e. The summed E-state index contributed by atoms with van der Waals surface area (Å²) in [6, 6.07) is 0. The van der Waals surface area contributed by atoms with E-state index >= 15 is 0 Å². The van der Waals surface area contributed by atoms with E-state index in [-0.39, 0.29) is 23.9 Å². The molecule has 2 rings (SSSR count). The Morgan fingerprint density at radius 3 is 2.72 bits per heavy atom. The third-order valence-corrected chi connectivity index (χ3v) is 3.51. The van der Waals surface area contributed by atoms with Crippen LogP contribution in [0.2, 0.25) is 0 Å². The van der Waals surface area contributed by atoms with Crippen molar-refractivity contribution in [3.05, 3.63) is 11.7 Å². The molecule has 2 N–H and O–H groups in total. The molecule has 1 aliphatic rings. The van der Waals surface area contributed by atoms with Gasteiger partial charge in [-0.05, 0) is 19.3 Å². The molecule has 0 aromatic carbocycles. The van der Waals surface area contributed by atoms with Gasteiger partial charge in [0.2, 0.25) is 5.89 Å². The Morgan fingerprint density at radius 2 is 2.17 bits per heavy atom. The van der Waals surface area contributed by atoms with E-state index in [2.05, 4.69) is 15.5 Å². The van der Waals surface area contributed by atoms with Gasteiger partial charge in [-0.3, -0.25) is 4.79 Å². The number of rotatable bonds is 4. The Morgan fingerprint density at radius 1 is 1.44 bits per heavy atom. The summed E-state index contributed by atoms with van der Waals surface area (Å²) in [4.78, 5) is 15.9. The molecule has 1 saturated carbocycles. The zero-order valence-electron chi connectivity index (χ0n) is 10.6. The number of aromatic nitrogens is 2. The first-order valence-corrected chi connectivity index (χ1v) is 6.39. The molecule has 0 spiro atoms. The fraction of sp³-hybridized carbons (Fsp3) is 0.750. The van der Waals surface area contributed by atoms with Gasteiger partial charge in [-0.15, -0.1) is 0 Å². The standard InChI is InChI=1S/C12H19N3O3/c1-9-13-10(15-18-9)11(17)14-12(7-8-16)5-3-2-4-6-12/h16H,2-8H2,1H3,(H,14,17). The average Bonchev–Trinajstić information content (AvgIpc) is 2.77. The zero-order valence-corrected chi connectivity index (χ0v) is 10.6. The van der Waals surface area contributed by atoms with Gasteiger partial charge in [-0.1, -0.05) is 24.4 Å². The summed E-state index contributed by atoms with van der Waals surface area (Å²) in [5.41, 5.74) is -0.307. The number of aliphatic hydroxyl groups is 1. The van der Waals surface area contributed by atoms with E-state index in [1.165, 1.54) is 6.42 Å². The summed E-state index contributed by atoms with van der Waals surface area (Å²) in [7, 11) is 0. The Hall–Kier alpha value is -1.43. The molecule has 1 heterocycles. The number of aryl methyl sites for hydroxylation is 1. The third kappa shape index (κ3) is 2.87. The smallest absolute Gasteiger partial charge is 0.293 e. The van der Waals surface area contributed by atoms with Gasteiger partial charge in [0.15, 0.2) is 0 Å². The Labute approximate surface area is 106 Å². The first-order valence-electron chi connectivity index (χ1n) is 6.39. The molecule has 0 aliphatic heterocycles. The van der Waals surface area contributed by atoms with E-state index in [0.29, 0.717) is 12.3 Å². The maximum Gasteiger partial charge on any atom is 0.293 e. The van der Waals surface area contributed by atoms with Gasteiger partial charge in [0.05, 0.1) is 0 Å². The Balaban J connectivity index is 2.06. The summed E-state index contributed by atoms with van der Waals surface area (Å²) in [5, 5.41) is 15.8. The topological polar surface area (TPSA) is 88.2 Å². The largest absolute Gasteiger partial charge is 0.396 e. The van der Waals surface area contributed by atoms with Crippen LogP contribution >= 0.6 is 0 Å². The van der Waals surface area contributed by atoms with E-state index in [0.717, 1.165) is 25.7 Å². The molecule has 6 nitrogen and oxygen atoms in total. The number of hydrogen-bond acceptors (Lipinski definition) is 5. The van der Waals surface area contributed by atoms with Crippen LogP contribution in [0.15, 0.2) is 4.52 Å². The highest BCUT2D eigenvalue weighted by Gasteiger charge is 2.34. The number of amides is 1. The van der Waals surface area contributed by atoms with Crippen LogP contribution < -0.4 is 5.32 Å². The van der Waals surface area contributed by atoms with Crippen molar-refractivity contribution in [1.29, 1.82) is 0 Å². The van der Waals surface area contributed by atoms with Crippen LogP contribution in [0.4, 0.5) is 0 Å². The number of carbonyl (C=O) groups is 1. The molecule has 0 unspecified atom stereocenters. The molecule has 1 fully saturated rings. The quantitative estimate of drug-likeness (QED) is 0.841. The van der Waals surface area contributed by atoms with Crippen LogP contribution in [0.1, 0.15) is 55.0 Å². The van der Waals surface area contributed by atoms with Crippen molar-refractivity contribution >= 4 is 5.91 Å². The third-order valence-electron chi connectivity index (χ3n) is 3.51. The van der Waals surface area contributed by atoms with Crippen LogP contribution in [0, 0.1) is 6.92 Å². The number of aliphatic hydroxyl groups excluding tert-OH is 1. The van der Waals surface area contributed by atoms with Crippen molar-refractivity contribution in [2.75, 3.05) is 6.61 Å². The molecule has 0 atom stereocenters. The first-order chi connectivity index (χ1) is 8.65. The normalized spacial score (nSPS) is 18.6. The van der Waals surface area contributed by atoms with E-state index in [1.54, 1.807) is 6.92 Å². The zero-order chi connectivity index (χ0) is 13.0. The lowest BCUT2D eigenvalue weighted by Crippen LogP contribution is -2.50. The molecule has 1 aliphatic carbocycles. The minimum atomic E-state index is -0.317. The lowest BCUT2D eigenvalue weighted by molar-refractivity contribution is 0.0822. The summed E-state index contributed by atoms with van der Waals surface area (Å²) in [6.07, 6.45) is 5.71. The number of hydrogen-bond donors (Lipinski definition) is 2. The van der Waals surface area contributed by atoms with Gasteiger partial charge < -0.3 is 14.9 Å². The van der Waals surface area contributed by atoms with Crippen molar-refractivity contribution < 1.29 is 14.4 Å². The van der Waals surface area contributed by atoms with Crippen LogP contribution in [0.5, 0.6) is 0 Å². The maximum atomic E-state index is 12.0. The highest BCUT2D eigenvalue weighted by atomic mass is 16.5. The molecule has 0 bridgehead atoms. The summed E-state index contributed by atoms with van der Waals surface area (Å²) >= 11 is 0. The average molecular weight is 253 g/mol. The second kappa shape index (κ2) is 5.48. The Kier molecular flexibility index (Phi) is 3.96. The van der Waals surface area contributed by atoms with Crippen LogP contribution in [-0.2, 0) is 0 Å². The van der Waals surface area contributed by atoms with Crippen LogP contribution in [0.25, 0.3) is 0 Å². The molecule has 0 saturated heterocycles. The van der Waals surface area contributed by atoms with Gasteiger partial charge >= 0.3 is 0 Å². The SMILES string of the molecule is Cc1nc(C(=O)NC2(CCO)CCCCC2)no1. The van der Waals surface area contributed by atoms with Gasteiger partial charge in [0.25, 0.3) is 11.7 Å². The molecule has 1 amide bonds.